The molecule has 1 saturated heterocycles. The highest BCUT2D eigenvalue weighted by Gasteiger charge is 2.23. The van der Waals surface area contributed by atoms with Gasteiger partial charge in [0.25, 0.3) is 5.91 Å². The molecule has 0 spiro atoms. The molecule has 0 aromatic carbocycles. The summed E-state index contributed by atoms with van der Waals surface area (Å²) in [7, 11) is 0. The van der Waals surface area contributed by atoms with Gasteiger partial charge in [-0.2, -0.15) is 4.94 Å². The molecule has 1 N–H and O–H groups in total. The minimum atomic E-state index is -0.308. The third kappa shape index (κ3) is 6.22. The van der Waals surface area contributed by atoms with E-state index < -0.39 is 0 Å². The number of amides is 1. The number of carbonyl (C=O) groups excluding carboxylic acids is 1. The van der Waals surface area contributed by atoms with Crippen LogP contribution in [0.25, 0.3) is 0 Å². The van der Waals surface area contributed by atoms with Crippen molar-refractivity contribution in [1.29, 1.82) is 0 Å². The number of nitrogens with zero attached hydrogens (tertiary/aromatic N) is 2. The Morgan fingerprint density at radius 2 is 2.12 bits per heavy atom. The number of thiazole rings is 1. The van der Waals surface area contributed by atoms with Crippen LogP contribution < -0.4 is 10.2 Å². The first kappa shape index (κ1) is 20.1. The predicted octanol–water partition coefficient (Wildman–Crippen LogP) is 4.49. The number of piperidine rings is 1. The number of rotatable bonds is 10. The molecular formula is C18H30FN3O2S. The second-order valence-electron chi connectivity index (χ2n) is 6.75. The number of hydrogen-bond acceptors (Lipinski definition) is 5. The van der Waals surface area contributed by atoms with E-state index in [1.165, 1.54) is 24.2 Å². The van der Waals surface area contributed by atoms with Crippen LogP contribution in [0, 0.1) is 0 Å². The van der Waals surface area contributed by atoms with Gasteiger partial charge >= 0.3 is 0 Å². The van der Waals surface area contributed by atoms with E-state index in [2.05, 4.69) is 34.0 Å². The molecule has 1 amide bonds. The monoisotopic (exact) mass is 371 g/mol. The van der Waals surface area contributed by atoms with Crippen molar-refractivity contribution < 1.29 is 14.3 Å². The first-order valence-corrected chi connectivity index (χ1v) is 10.3. The molecule has 1 aromatic heterocycles. The fourth-order valence-corrected chi connectivity index (χ4v) is 4.05. The Morgan fingerprint density at radius 1 is 1.36 bits per heavy atom. The van der Waals surface area contributed by atoms with Crippen molar-refractivity contribution in [2.24, 2.45) is 0 Å². The van der Waals surface area contributed by atoms with Gasteiger partial charge in [0.05, 0.1) is 0 Å². The van der Waals surface area contributed by atoms with Gasteiger partial charge in [-0.05, 0) is 30.2 Å². The summed E-state index contributed by atoms with van der Waals surface area (Å²) < 4.78 is 12.2. The Balaban J connectivity index is 1.88. The molecule has 1 unspecified atom stereocenters. The van der Waals surface area contributed by atoms with Gasteiger partial charge in [-0.15, -0.1) is 11.3 Å². The van der Waals surface area contributed by atoms with Crippen LogP contribution in [0.4, 0.5) is 9.66 Å². The van der Waals surface area contributed by atoms with Crippen molar-refractivity contribution in [1.82, 2.24) is 10.3 Å². The zero-order valence-corrected chi connectivity index (χ0v) is 16.1. The lowest BCUT2D eigenvalue weighted by molar-refractivity contribution is -0.183. The Labute approximate surface area is 153 Å². The Hall–Kier alpha value is -1.21. The number of nitrogens with one attached hydrogen (secondary N) is 1. The first-order valence-electron chi connectivity index (χ1n) is 9.46. The maximum absolute atomic E-state index is 12.5. The molecule has 1 aliphatic rings. The van der Waals surface area contributed by atoms with Crippen LogP contribution in [0.5, 0.6) is 0 Å². The molecule has 1 atom stereocenters. The number of anilines is 1. The average molecular weight is 372 g/mol. The lowest BCUT2D eigenvalue weighted by Gasteiger charge is -2.29. The molecule has 25 heavy (non-hydrogen) atoms. The number of carbonyl (C=O) groups is 1. The normalized spacial score (nSPS) is 16.8. The van der Waals surface area contributed by atoms with E-state index in [4.69, 9.17) is 0 Å². The largest absolute Gasteiger partial charge is 0.348 e. The van der Waals surface area contributed by atoms with Crippen LogP contribution >= 0.6 is 11.3 Å². The van der Waals surface area contributed by atoms with E-state index in [-0.39, 0.29) is 18.1 Å². The van der Waals surface area contributed by atoms with Gasteiger partial charge in [-0.3, -0.25) is 4.79 Å². The molecule has 142 valence electrons. The van der Waals surface area contributed by atoms with Gasteiger partial charge in [0, 0.05) is 24.5 Å². The van der Waals surface area contributed by atoms with Crippen LogP contribution in [0.1, 0.15) is 75.7 Å². The molecule has 0 bridgehead atoms. The predicted molar refractivity (Wildman–Crippen MR) is 99.8 cm³/mol. The Kier molecular flexibility index (Phi) is 8.61. The highest BCUT2D eigenvalue weighted by Crippen LogP contribution is 2.25. The SMILES string of the molecule is CCCCCC(CCC)NC(=O)c1csc(N2CCC(OF)CC2)n1. The van der Waals surface area contributed by atoms with Crippen LogP contribution in [-0.2, 0) is 4.94 Å². The van der Waals surface area contributed by atoms with Gasteiger partial charge < -0.3 is 10.2 Å². The smallest absolute Gasteiger partial charge is 0.271 e. The third-order valence-electron chi connectivity index (χ3n) is 4.69. The van der Waals surface area contributed by atoms with Crippen LogP contribution in [0.2, 0.25) is 0 Å². The topological polar surface area (TPSA) is 54.5 Å². The van der Waals surface area contributed by atoms with Gasteiger partial charge in [0.15, 0.2) is 5.13 Å². The van der Waals surface area contributed by atoms with Crippen LogP contribution in [0.15, 0.2) is 5.38 Å². The highest BCUT2D eigenvalue weighted by molar-refractivity contribution is 7.13. The summed E-state index contributed by atoms with van der Waals surface area (Å²) in [5, 5.41) is 5.79. The maximum atomic E-state index is 12.5. The summed E-state index contributed by atoms with van der Waals surface area (Å²) in [6.45, 7) is 5.74. The van der Waals surface area contributed by atoms with Gasteiger partial charge in [0.2, 0.25) is 0 Å². The molecule has 1 aromatic rings. The third-order valence-corrected chi connectivity index (χ3v) is 5.59. The highest BCUT2D eigenvalue weighted by atomic mass is 32.1. The quantitative estimate of drug-likeness (QED) is 0.616. The Morgan fingerprint density at radius 3 is 2.76 bits per heavy atom. The molecule has 7 heteroatoms. The number of halogens is 1. The minimum Gasteiger partial charge on any atom is -0.348 e. The van der Waals surface area contributed by atoms with Crippen LogP contribution in [0.3, 0.4) is 0 Å². The maximum Gasteiger partial charge on any atom is 0.271 e. The second kappa shape index (κ2) is 10.7. The van der Waals surface area contributed by atoms with E-state index in [0.717, 1.165) is 30.8 Å². The summed E-state index contributed by atoms with van der Waals surface area (Å²) in [6, 6.07) is 0.228. The lowest BCUT2D eigenvalue weighted by atomic mass is 10.0. The number of aromatic nitrogens is 1. The van der Waals surface area contributed by atoms with E-state index in [1.807, 2.05) is 5.38 Å². The van der Waals surface area contributed by atoms with Crippen LogP contribution in [-0.4, -0.2) is 36.1 Å². The summed E-state index contributed by atoms with van der Waals surface area (Å²) in [4.78, 5) is 23.0. The molecular weight excluding hydrogens is 341 g/mol. The van der Waals surface area contributed by atoms with Gasteiger partial charge in [-0.1, -0.05) is 39.5 Å². The number of hydrogen-bond donors (Lipinski definition) is 1. The zero-order chi connectivity index (χ0) is 18.1. The van der Waals surface area contributed by atoms with Crippen molar-refractivity contribution in [3.05, 3.63) is 11.1 Å². The van der Waals surface area contributed by atoms with E-state index in [0.29, 0.717) is 31.6 Å². The van der Waals surface area contributed by atoms with Crippen molar-refractivity contribution in [3.63, 3.8) is 0 Å². The molecule has 0 aliphatic carbocycles. The van der Waals surface area contributed by atoms with Crippen molar-refractivity contribution in [2.75, 3.05) is 18.0 Å². The molecule has 1 aliphatic heterocycles. The summed E-state index contributed by atoms with van der Waals surface area (Å²) in [5.41, 5.74) is 0.487. The molecule has 0 radical (unpaired) electrons. The molecule has 2 heterocycles. The average Bonchev–Trinajstić information content (AvgIpc) is 3.12. The first-order chi connectivity index (χ1) is 12.2. The fourth-order valence-electron chi connectivity index (χ4n) is 3.19. The van der Waals surface area contributed by atoms with E-state index in [9.17, 15) is 9.32 Å². The summed E-state index contributed by atoms with van der Waals surface area (Å²) in [5.74, 6) is -0.0839. The molecule has 5 nitrogen and oxygen atoms in total. The molecule has 0 saturated carbocycles. The summed E-state index contributed by atoms with van der Waals surface area (Å²) >= 11 is 1.47. The zero-order valence-electron chi connectivity index (χ0n) is 15.3. The fraction of sp³-hybridized carbons (Fsp3) is 0.778. The van der Waals surface area contributed by atoms with E-state index >= 15 is 0 Å². The summed E-state index contributed by atoms with van der Waals surface area (Å²) in [6.07, 6.45) is 7.62. The Bertz CT molecular complexity index is 518. The van der Waals surface area contributed by atoms with Crippen molar-refractivity contribution in [3.8, 4) is 0 Å². The second-order valence-corrected chi connectivity index (χ2v) is 7.58. The van der Waals surface area contributed by atoms with Crippen molar-refractivity contribution in [2.45, 2.75) is 77.4 Å². The molecule has 1 fully saturated rings. The standard InChI is InChI=1S/C18H30FN3O2S/c1-3-5-6-8-14(7-4-2)20-17(23)16-13-25-18(21-16)22-11-9-15(24-19)10-12-22/h13-15H,3-12H2,1-2H3,(H,20,23). The molecule has 2 rings (SSSR count). The van der Waals surface area contributed by atoms with Crippen molar-refractivity contribution >= 4 is 22.4 Å². The number of unbranched alkanes of at least 4 members (excludes halogenated alkanes) is 2. The minimum absolute atomic E-state index is 0.0839. The van der Waals surface area contributed by atoms with E-state index in [1.54, 1.807) is 0 Å². The lowest BCUT2D eigenvalue weighted by Crippen LogP contribution is -2.37. The van der Waals surface area contributed by atoms with Gasteiger partial charge in [-0.25, -0.2) is 4.98 Å². The van der Waals surface area contributed by atoms with Gasteiger partial charge in [0.1, 0.15) is 11.8 Å².